The van der Waals surface area contributed by atoms with Crippen molar-refractivity contribution < 1.29 is 0 Å². The Labute approximate surface area is 218 Å². The fourth-order valence-electron chi connectivity index (χ4n) is 3.96. The van der Waals surface area contributed by atoms with Crippen LogP contribution in [-0.2, 0) is 0 Å². The number of thiophene rings is 2. The quantitative estimate of drug-likeness (QED) is 0.228. The van der Waals surface area contributed by atoms with E-state index in [4.69, 9.17) is 0 Å². The normalized spacial score (nSPS) is 12.9. The molecule has 0 amide bonds. The molecule has 0 aliphatic heterocycles. The first-order chi connectivity index (χ1) is 15.5. The third-order valence-electron chi connectivity index (χ3n) is 6.00. The van der Waals surface area contributed by atoms with E-state index in [2.05, 4.69) is 95.4 Å². The molecule has 170 valence electrons. The summed E-state index contributed by atoms with van der Waals surface area (Å²) >= 11 is 11.0. The second-order valence-corrected chi connectivity index (χ2v) is 13.2. The summed E-state index contributed by atoms with van der Waals surface area (Å²) in [7, 11) is 0. The zero-order valence-corrected chi connectivity index (χ0v) is 24.3. The van der Waals surface area contributed by atoms with E-state index in [1.54, 1.807) is 22.7 Å². The SMILES string of the molecule is CCCCC(C#Cc1c2cc(Br)sc2c(C#CC(CC)CCCC)c2cc(Br)sc12)CC. The van der Waals surface area contributed by atoms with E-state index in [-0.39, 0.29) is 0 Å². The first kappa shape index (κ1) is 25.8. The van der Waals surface area contributed by atoms with Gasteiger partial charge in [-0.05, 0) is 69.7 Å². The minimum atomic E-state index is 0.467. The molecule has 0 fully saturated rings. The van der Waals surface area contributed by atoms with Crippen LogP contribution < -0.4 is 0 Å². The lowest BCUT2D eigenvalue weighted by Gasteiger charge is -2.07. The Balaban J connectivity index is 2.17. The molecule has 2 atom stereocenters. The van der Waals surface area contributed by atoms with Crippen LogP contribution in [0.5, 0.6) is 0 Å². The maximum Gasteiger partial charge on any atom is 0.0711 e. The van der Waals surface area contributed by atoms with E-state index in [1.807, 2.05) is 0 Å². The van der Waals surface area contributed by atoms with Crippen LogP contribution >= 0.6 is 54.5 Å². The predicted molar refractivity (Wildman–Crippen MR) is 153 cm³/mol. The van der Waals surface area contributed by atoms with Crippen molar-refractivity contribution in [1.29, 1.82) is 0 Å². The molecule has 0 aliphatic carbocycles. The topological polar surface area (TPSA) is 0 Å². The standard InChI is InChI=1S/C28H32Br2S2/c1-5-9-11-19(7-3)13-15-21-23-17-25(29)32-28(23)22(24-18-26(30)31-27(21)24)16-14-20(8-4)12-10-6-2/h17-20H,5-12H2,1-4H3. The molecule has 1 aromatic carbocycles. The van der Waals surface area contributed by atoms with Crippen molar-refractivity contribution in [1.82, 2.24) is 0 Å². The van der Waals surface area contributed by atoms with Gasteiger partial charge in [-0.2, -0.15) is 0 Å². The molecule has 0 aliphatic rings. The van der Waals surface area contributed by atoms with E-state index >= 15 is 0 Å². The fourth-order valence-corrected chi connectivity index (χ4v) is 7.20. The second-order valence-electron chi connectivity index (χ2n) is 8.37. The zero-order valence-electron chi connectivity index (χ0n) is 19.5. The largest absolute Gasteiger partial charge is 0.127 e. The van der Waals surface area contributed by atoms with E-state index in [0.717, 1.165) is 20.4 Å². The summed E-state index contributed by atoms with van der Waals surface area (Å²) in [5, 5.41) is 2.49. The van der Waals surface area contributed by atoms with Crippen LogP contribution in [-0.4, -0.2) is 0 Å². The molecule has 3 rings (SSSR count). The Kier molecular flexibility index (Phi) is 10.2. The Morgan fingerprint density at radius 3 is 1.47 bits per heavy atom. The molecule has 0 radical (unpaired) electrons. The molecule has 4 heteroatoms. The van der Waals surface area contributed by atoms with Gasteiger partial charge >= 0.3 is 0 Å². The molecule has 0 saturated heterocycles. The summed E-state index contributed by atoms with van der Waals surface area (Å²) in [6, 6.07) is 4.48. The number of unbranched alkanes of at least 4 members (excludes halogenated alkanes) is 2. The molecule has 0 spiro atoms. The van der Waals surface area contributed by atoms with E-state index in [0.29, 0.717) is 11.8 Å². The van der Waals surface area contributed by atoms with Crippen LogP contribution in [0, 0.1) is 35.5 Å². The number of hydrogen-bond donors (Lipinski definition) is 0. The molecular weight excluding hydrogens is 560 g/mol. The van der Waals surface area contributed by atoms with Gasteiger partial charge in [0.2, 0.25) is 0 Å². The van der Waals surface area contributed by atoms with Gasteiger partial charge in [0, 0.05) is 22.6 Å². The van der Waals surface area contributed by atoms with Crippen LogP contribution in [0.3, 0.4) is 0 Å². The van der Waals surface area contributed by atoms with Gasteiger partial charge in [-0.15, -0.1) is 22.7 Å². The lowest BCUT2D eigenvalue weighted by molar-refractivity contribution is 0.556. The molecule has 2 unspecified atom stereocenters. The molecule has 0 bridgehead atoms. The van der Waals surface area contributed by atoms with Crippen LogP contribution in [0.2, 0.25) is 0 Å². The van der Waals surface area contributed by atoms with Gasteiger partial charge in [-0.1, -0.05) is 77.1 Å². The Bertz CT molecular complexity index is 1030. The third-order valence-corrected chi connectivity index (χ3v) is 9.31. The van der Waals surface area contributed by atoms with Gasteiger partial charge in [-0.3, -0.25) is 0 Å². The lowest BCUT2D eigenvalue weighted by atomic mass is 9.97. The van der Waals surface area contributed by atoms with Crippen molar-refractivity contribution in [3.05, 3.63) is 30.8 Å². The second kappa shape index (κ2) is 12.6. The molecule has 0 N–H and O–H groups in total. The van der Waals surface area contributed by atoms with Gasteiger partial charge < -0.3 is 0 Å². The van der Waals surface area contributed by atoms with Gasteiger partial charge in [-0.25, -0.2) is 0 Å². The van der Waals surface area contributed by atoms with E-state index in [9.17, 15) is 0 Å². The summed E-state index contributed by atoms with van der Waals surface area (Å²) < 4.78 is 4.81. The third kappa shape index (κ3) is 6.21. The Morgan fingerprint density at radius 1 is 0.719 bits per heavy atom. The maximum atomic E-state index is 3.74. The zero-order chi connectivity index (χ0) is 23.1. The van der Waals surface area contributed by atoms with Crippen LogP contribution in [0.1, 0.15) is 90.2 Å². The smallest absolute Gasteiger partial charge is 0.0711 e. The first-order valence-electron chi connectivity index (χ1n) is 11.9. The summed E-state index contributed by atoms with van der Waals surface area (Å²) in [5.41, 5.74) is 2.34. The molecular formula is C28H32Br2S2. The van der Waals surface area contributed by atoms with Gasteiger partial charge in [0.25, 0.3) is 0 Å². The van der Waals surface area contributed by atoms with Gasteiger partial charge in [0.1, 0.15) is 0 Å². The summed E-state index contributed by atoms with van der Waals surface area (Å²) in [6.45, 7) is 9.02. The molecule has 0 nitrogen and oxygen atoms in total. The molecule has 2 aromatic heterocycles. The number of benzene rings is 1. The number of rotatable bonds is 8. The van der Waals surface area contributed by atoms with Crippen molar-refractivity contribution >= 4 is 74.7 Å². The lowest BCUT2D eigenvalue weighted by Crippen LogP contribution is -1.95. The molecule has 3 aromatic rings. The average molecular weight is 593 g/mol. The maximum absolute atomic E-state index is 3.74. The monoisotopic (exact) mass is 590 g/mol. The van der Waals surface area contributed by atoms with Crippen LogP contribution in [0.25, 0.3) is 20.2 Å². The number of hydrogen-bond acceptors (Lipinski definition) is 2. The van der Waals surface area contributed by atoms with Gasteiger partial charge in [0.05, 0.1) is 28.1 Å². The van der Waals surface area contributed by atoms with Crippen molar-refractivity contribution in [2.24, 2.45) is 11.8 Å². The van der Waals surface area contributed by atoms with E-state index < -0.39 is 0 Å². The minimum absolute atomic E-state index is 0.467. The van der Waals surface area contributed by atoms with Crippen LogP contribution in [0.4, 0.5) is 0 Å². The molecule has 32 heavy (non-hydrogen) atoms. The minimum Gasteiger partial charge on any atom is -0.127 e. The average Bonchev–Trinajstić information content (AvgIpc) is 3.36. The summed E-state index contributed by atoms with van der Waals surface area (Å²) in [5.74, 6) is 15.4. The Hall–Kier alpha value is -0.780. The van der Waals surface area contributed by atoms with E-state index in [1.165, 1.54) is 69.8 Å². The van der Waals surface area contributed by atoms with Gasteiger partial charge in [0.15, 0.2) is 0 Å². The summed E-state index contributed by atoms with van der Waals surface area (Å²) in [4.78, 5) is 0. The highest BCUT2D eigenvalue weighted by atomic mass is 79.9. The fraction of sp³-hybridized carbons (Fsp3) is 0.500. The van der Waals surface area contributed by atoms with Crippen molar-refractivity contribution in [2.45, 2.75) is 79.1 Å². The highest BCUT2D eigenvalue weighted by Crippen LogP contribution is 2.43. The molecule has 0 saturated carbocycles. The number of halogens is 2. The van der Waals surface area contributed by atoms with Crippen LogP contribution in [0.15, 0.2) is 19.7 Å². The Morgan fingerprint density at radius 2 is 1.12 bits per heavy atom. The molecule has 2 heterocycles. The highest BCUT2D eigenvalue weighted by Gasteiger charge is 2.17. The highest BCUT2D eigenvalue weighted by molar-refractivity contribution is 9.11. The summed E-state index contributed by atoms with van der Waals surface area (Å²) in [6.07, 6.45) is 9.55. The van der Waals surface area contributed by atoms with Crippen molar-refractivity contribution in [2.75, 3.05) is 0 Å². The van der Waals surface area contributed by atoms with Crippen molar-refractivity contribution in [3.8, 4) is 23.7 Å². The number of fused-ring (bicyclic) bond motifs is 2. The van der Waals surface area contributed by atoms with Crippen molar-refractivity contribution in [3.63, 3.8) is 0 Å². The predicted octanol–water partition coefficient (Wildman–Crippen LogP) is 10.8. The first-order valence-corrected chi connectivity index (χ1v) is 15.1.